The minimum Gasteiger partial charge on any atom is -0.352 e. The van der Waals surface area contributed by atoms with E-state index >= 15 is 0 Å². The molecule has 2 aliphatic rings. The topological polar surface area (TPSA) is 58.4 Å². The predicted molar refractivity (Wildman–Crippen MR) is 68.6 cm³/mol. The third-order valence-electron chi connectivity index (χ3n) is 3.93. The molecular formula is C13H25N3O. The van der Waals surface area contributed by atoms with Crippen molar-refractivity contribution >= 4 is 5.91 Å². The van der Waals surface area contributed by atoms with Crippen LogP contribution in [0.15, 0.2) is 0 Å². The van der Waals surface area contributed by atoms with E-state index in [0.29, 0.717) is 18.6 Å². The molecule has 0 spiro atoms. The summed E-state index contributed by atoms with van der Waals surface area (Å²) in [6.45, 7) is 0.495. The SMILES string of the molecule is CN(CC(=O)NC1CC1)C1CCCCCC1N. The monoisotopic (exact) mass is 239 g/mol. The Labute approximate surface area is 104 Å². The van der Waals surface area contributed by atoms with Crippen LogP contribution in [0.1, 0.15) is 44.9 Å². The molecule has 2 unspecified atom stereocenters. The summed E-state index contributed by atoms with van der Waals surface area (Å²) in [7, 11) is 2.03. The van der Waals surface area contributed by atoms with Crippen LogP contribution in [-0.2, 0) is 4.79 Å². The molecule has 0 heterocycles. The van der Waals surface area contributed by atoms with Gasteiger partial charge >= 0.3 is 0 Å². The van der Waals surface area contributed by atoms with Crippen molar-refractivity contribution in [1.82, 2.24) is 10.2 Å². The van der Waals surface area contributed by atoms with E-state index in [-0.39, 0.29) is 11.9 Å². The Morgan fingerprint density at radius 1 is 1.24 bits per heavy atom. The molecule has 4 heteroatoms. The van der Waals surface area contributed by atoms with Crippen molar-refractivity contribution in [1.29, 1.82) is 0 Å². The Balaban J connectivity index is 1.79. The van der Waals surface area contributed by atoms with Gasteiger partial charge in [-0.3, -0.25) is 9.69 Å². The van der Waals surface area contributed by atoms with Crippen molar-refractivity contribution in [2.45, 2.75) is 63.1 Å². The number of carbonyl (C=O) groups is 1. The van der Waals surface area contributed by atoms with Crippen LogP contribution in [0.4, 0.5) is 0 Å². The van der Waals surface area contributed by atoms with Gasteiger partial charge in [-0.2, -0.15) is 0 Å². The van der Waals surface area contributed by atoms with Crippen molar-refractivity contribution in [3.05, 3.63) is 0 Å². The summed E-state index contributed by atoms with van der Waals surface area (Å²) in [6, 6.07) is 1.07. The van der Waals surface area contributed by atoms with Gasteiger partial charge in [0.15, 0.2) is 0 Å². The largest absolute Gasteiger partial charge is 0.352 e. The summed E-state index contributed by atoms with van der Waals surface area (Å²) < 4.78 is 0. The highest BCUT2D eigenvalue weighted by Crippen LogP contribution is 2.21. The van der Waals surface area contributed by atoms with Gasteiger partial charge in [0.1, 0.15) is 0 Å². The quantitative estimate of drug-likeness (QED) is 0.715. The van der Waals surface area contributed by atoms with Gasteiger partial charge in [-0.1, -0.05) is 19.3 Å². The second-order valence-electron chi connectivity index (χ2n) is 5.63. The van der Waals surface area contributed by atoms with Crippen LogP contribution in [0.3, 0.4) is 0 Å². The van der Waals surface area contributed by atoms with Gasteiger partial charge in [-0.05, 0) is 32.7 Å². The van der Waals surface area contributed by atoms with E-state index in [1.807, 2.05) is 7.05 Å². The number of nitrogens with one attached hydrogen (secondary N) is 1. The predicted octanol–water partition coefficient (Wildman–Crippen LogP) is 0.857. The summed E-state index contributed by atoms with van der Waals surface area (Å²) in [5.74, 6) is 0.159. The maximum Gasteiger partial charge on any atom is 0.234 e. The first-order valence-corrected chi connectivity index (χ1v) is 6.92. The van der Waals surface area contributed by atoms with Crippen LogP contribution in [0.2, 0.25) is 0 Å². The Hall–Kier alpha value is -0.610. The summed E-state index contributed by atoms with van der Waals surface area (Å²) >= 11 is 0. The Bertz CT molecular complexity index is 265. The molecule has 2 saturated carbocycles. The molecule has 2 fully saturated rings. The lowest BCUT2D eigenvalue weighted by molar-refractivity contribution is -0.122. The minimum atomic E-state index is 0.159. The molecule has 1 amide bonds. The Kier molecular flexibility index (Phi) is 4.40. The van der Waals surface area contributed by atoms with Crippen molar-refractivity contribution in [3.8, 4) is 0 Å². The van der Waals surface area contributed by atoms with E-state index in [2.05, 4.69) is 10.2 Å². The zero-order chi connectivity index (χ0) is 12.3. The lowest BCUT2D eigenvalue weighted by Gasteiger charge is -2.30. The molecule has 0 aliphatic heterocycles. The third kappa shape index (κ3) is 3.96. The molecular weight excluding hydrogens is 214 g/mol. The minimum absolute atomic E-state index is 0.159. The van der Waals surface area contributed by atoms with Crippen LogP contribution < -0.4 is 11.1 Å². The number of amides is 1. The fourth-order valence-electron chi connectivity index (χ4n) is 2.71. The number of hydrogen-bond donors (Lipinski definition) is 2. The van der Waals surface area contributed by atoms with E-state index in [1.165, 1.54) is 19.3 Å². The first kappa shape index (κ1) is 12.8. The number of nitrogens with two attached hydrogens (primary N) is 1. The van der Waals surface area contributed by atoms with E-state index in [0.717, 1.165) is 25.7 Å². The van der Waals surface area contributed by atoms with Crippen LogP contribution in [0, 0.1) is 0 Å². The number of hydrogen-bond acceptors (Lipinski definition) is 3. The summed E-state index contributed by atoms with van der Waals surface area (Å²) in [5, 5.41) is 3.03. The Morgan fingerprint density at radius 3 is 2.65 bits per heavy atom. The number of rotatable bonds is 4. The van der Waals surface area contributed by atoms with Gasteiger partial charge in [-0.15, -0.1) is 0 Å². The molecule has 0 aromatic rings. The molecule has 0 aromatic heterocycles. The summed E-state index contributed by atoms with van der Waals surface area (Å²) in [4.78, 5) is 13.9. The lowest BCUT2D eigenvalue weighted by Crippen LogP contribution is -2.49. The molecule has 2 atom stereocenters. The van der Waals surface area contributed by atoms with Crippen LogP contribution in [-0.4, -0.2) is 42.5 Å². The maximum absolute atomic E-state index is 11.7. The first-order valence-electron chi connectivity index (χ1n) is 6.92. The average Bonchev–Trinajstić information content (AvgIpc) is 3.06. The summed E-state index contributed by atoms with van der Waals surface area (Å²) in [5.41, 5.74) is 6.20. The third-order valence-corrected chi connectivity index (χ3v) is 3.93. The van der Waals surface area contributed by atoms with Gasteiger partial charge < -0.3 is 11.1 Å². The van der Waals surface area contributed by atoms with E-state index in [9.17, 15) is 4.79 Å². The Morgan fingerprint density at radius 2 is 1.94 bits per heavy atom. The van der Waals surface area contributed by atoms with E-state index in [1.54, 1.807) is 0 Å². The molecule has 0 radical (unpaired) electrons. The highest BCUT2D eigenvalue weighted by Gasteiger charge is 2.27. The van der Waals surface area contributed by atoms with Crippen LogP contribution in [0.25, 0.3) is 0 Å². The van der Waals surface area contributed by atoms with Crippen LogP contribution in [0.5, 0.6) is 0 Å². The molecule has 2 rings (SSSR count). The maximum atomic E-state index is 11.7. The molecule has 17 heavy (non-hydrogen) atoms. The van der Waals surface area contributed by atoms with Crippen molar-refractivity contribution in [2.75, 3.05) is 13.6 Å². The molecule has 0 saturated heterocycles. The molecule has 3 N–H and O–H groups in total. The zero-order valence-electron chi connectivity index (χ0n) is 10.8. The highest BCUT2D eigenvalue weighted by atomic mass is 16.2. The van der Waals surface area contributed by atoms with Gasteiger partial charge in [-0.25, -0.2) is 0 Å². The standard InChI is InChI=1S/C13H25N3O/c1-16(9-13(17)15-10-7-8-10)12-6-4-2-3-5-11(12)14/h10-12H,2-9,14H2,1H3,(H,15,17). The number of carbonyl (C=O) groups excluding carboxylic acids is 1. The van der Waals surface area contributed by atoms with Gasteiger partial charge in [0.25, 0.3) is 0 Å². The smallest absolute Gasteiger partial charge is 0.234 e. The normalized spacial score (nSPS) is 30.1. The van der Waals surface area contributed by atoms with Crippen molar-refractivity contribution < 1.29 is 4.79 Å². The molecule has 0 bridgehead atoms. The average molecular weight is 239 g/mol. The van der Waals surface area contributed by atoms with E-state index in [4.69, 9.17) is 5.73 Å². The molecule has 98 valence electrons. The molecule has 0 aromatic carbocycles. The highest BCUT2D eigenvalue weighted by molar-refractivity contribution is 5.78. The first-order chi connectivity index (χ1) is 8.16. The van der Waals surface area contributed by atoms with Gasteiger partial charge in [0.2, 0.25) is 5.91 Å². The zero-order valence-corrected chi connectivity index (χ0v) is 10.8. The van der Waals surface area contributed by atoms with Crippen molar-refractivity contribution in [3.63, 3.8) is 0 Å². The number of likely N-dealkylation sites (N-methyl/N-ethyl adjacent to an activating group) is 1. The van der Waals surface area contributed by atoms with Gasteiger partial charge in [0, 0.05) is 18.1 Å². The fraction of sp³-hybridized carbons (Fsp3) is 0.923. The van der Waals surface area contributed by atoms with Gasteiger partial charge in [0.05, 0.1) is 6.54 Å². The van der Waals surface area contributed by atoms with Crippen molar-refractivity contribution in [2.24, 2.45) is 5.73 Å². The lowest BCUT2D eigenvalue weighted by atomic mass is 10.0. The molecule has 2 aliphatic carbocycles. The van der Waals surface area contributed by atoms with Crippen LogP contribution >= 0.6 is 0 Å². The fourth-order valence-corrected chi connectivity index (χ4v) is 2.71. The number of nitrogens with zero attached hydrogens (tertiary/aromatic N) is 1. The van der Waals surface area contributed by atoms with E-state index < -0.39 is 0 Å². The molecule has 4 nitrogen and oxygen atoms in total. The summed E-state index contributed by atoms with van der Waals surface area (Å²) in [6.07, 6.45) is 8.30. The second-order valence-corrected chi connectivity index (χ2v) is 5.63. The second kappa shape index (κ2) is 5.83.